The van der Waals surface area contributed by atoms with Crippen LogP contribution in [0.5, 0.6) is 0 Å². The average molecular weight is 202 g/mol. The molecule has 0 fully saturated rings. The molecule has 3 aromatic heterocycles. The van der Waals surface area contributed by atoms with E-state index in [0.717, 1.165) is 11.3 Å². The van der Waals surface area contributed by atoms with Gasteiger partial charge in [0.15, 0.2) is 0 Å². The highest BCUT2D eigenvalue weighted by molar-refractivity contribution is 5.76. The largest absolute Gasteiger partial charge is 0.347 e. The Labute approximate surface area is 85.0 Å². The molecule has 0 aliphatic carbocycles. The third kappa shape index (κ3) is 0.918. The van der Waals surface area contributed by atoms with Crippen LogP contribution in [-0.2, 0) is 7.05 Å². The van der Waals surface area contributed by atoms with Gasteiger partial charge in [0.1, 0.15) is 5.65 Å². The number of hydrogen-bond donors (Lipinski definition) is 1. The van der Waals surface area contributed by atoms with Crippen molar-refractivity contribution >= 4 is 16.8 Å². The van der Waals surface area contributed by atoms with Crippen molar-refractivity contribution in [3.05, 3.63) is 34.5 Å². The first kappa shape index (κ1) is 8.28. The number of imidazole rings is 1. The van der Waals surface area contributed by atoms with Crippen molar-refractivity contribution in [2.45, 2.75) is 6.92 Å². The highest BCUT2D eigenvalue weighted by Gasteiger charge is 2.10. The van der Waals surface area contributed by atoms with Crippen LogP contribution in [0.15, 0.2) is 23.3 Å². The molecule has 0 aromatic carbocycles. The summed E-state index contributed by atoms with van der Waals surface area (Å²) in [4.78, 5) is 19.4. The number of aromatic amines is 1. The van der Waals surface area contributed by atoms with E-state index in [1.54, 1.807) is 22.9 Å². The first-order chi connectivity index (χ1) is 7.18. The Balaban J connectivity index is 2.74. The van der Waals surface area contributed by atoms with Gasteiger partial charge in [0.05, 0.1) is 11.1 Å². The molecular weight excluding hydrogens is 192 g/mol. The summed E-state index contributed by atoms with van der Waals surface area (Å²) in [6.45, 7) is 1.88. The minimum Gasteiger partial charge on any atom is -0.347 e. The zero-order valence-corrected chi connectivity index (χ0v) is 8.48. The maximum Gasteiger partial charge on any atom is 0.268 e. The molecule has 0 amide bonds. The van der Waals surface area contributed by atoms with E-state index in [4.69, 9.17) is 0 Å². The zero-order chi connectivity index (χ0) is 10.6. The Morgan fingerprint density at radius 2 is 2.27 bits per heavy atom. The van der Waals surface area contributed by atoms with Crippen LogP contribution in [0, 0.1) is 6.92 Å². The van der Waals surface area contributed by atoms with Crippen LogP contribution < -0.4 is 5.56 Å². The standard InChI is InChI=1S/C10H10N4O/c1-6-5-14-9(15)7-3-4-11-8(7)13(2)10(14)12-6/h3-5,11H,1-2H3. The third-order valence-electron chi connectivity index (χ3n) is 2.62. The number of aryl methyl sites for hydroxylation is 2. The highest BCUT2D eigenvalue weighted by atomic mass is 16.1. The summed E-state index contributed by atoms with van der Waals surface area (Å²) in [6.07, 6.45) is 3.52. The van der Waals surface area contributed by atoms with E-state index in [1.165, 1.54) is 0 Å². The molecule has 5 nitrogen and oxygen atoms in total. The Kier molecular flexibility index (Phi) is 1.38. The van der Waals surface area contributed by atoms with E-state index in [2.05, 4.69) is 9.97 Å². The molecule has 1 N–H and O–H groups in total. The van der Waals surface area contributed by atoms with Gasteiger partial charge in [-0.3, -0.25) is 9.20 Å². The van der Waals surface area contributed by atoms with E-state index >= 15 is 0 Å². The number of rotatable bonds is 0. The summed E-state index contributed by atoms with van der Waals surface area (Å²) >= 11 is 0. The van der Waals surface area contributed by atoms with E-state index in [9.17, 15) is 4.79 Å². The second-order valence-electron chi connectivity index (χ2n) is 3.66. The van der Waals surface area contributed by atoms with Crippen LogP contribution in [-0.4, -0.2) is 18.9 Å². The normalized spacial score (nSPS) is 11.6. The predicted molar refractivity (Wildman–Crippen MR) is 57.0 cm³/mol. The number of hydrogen-bond acceptors (Lipinski definition) is 2. The average Bonchev–Trinajstić information content (AvgIpc) is 2.79. The van der Waals surface area contributed by atoms with Crippen molar-refractivity contribution in [1.29, 1.82) is 0 Å². The van der Waals surface area contributed by atoms with Crippen molar-refractivity contribution in [2.75, 3.05) is 0 Å². The molecule has 3 rings (SSSR count). The zero-order valence-electron chi connectivity index (χ0n) is 8.48. The van der Waals surface area contributed by atoms with Gasteiger partial charge in [0.2, 0.25) is 5.78 Å². The van der Waals surface area contributed by atoms with Crippen LogP contribution in [0.25, 0.3) is 16.8 Å². The van der Waals surface area contributed by atoms with Gasteiger partial charge in [-0.15, -0.1) is 0 Å². The van der Waals surface area contributed by atoms with Gasteiger partial charge < -0.3 is 9.55 Å². The van der Waals surface area contributed by atoms with Crippen LogP contribution in [0.3, 0.4) is 0 Å². The maximum absolute atomic E-state index is 12.0. The number of H-pyrrole nitrogens is 1. The Bertz CT molecular complexity index is 716. The highest BCUT2D eigenvalue weighted by Crippen LogP contribution is 2.10. The van der Waals surface area contributed by atoms with E-state index < -0.39 is 0 Å². The third-order valence-corrected chi connectivity index (χ3v) is 2.62. The van der Waals surface area contributed by atoms with Gasteiger partial charge in [-0.1, -0.05) is 0 Å². The minimum absolute atomic E-state index is 0.0278. The molecule has 0 unspecified atom stereocenters. The molecule has 0 bridgehead atoms. The molecule has 0 aliphatic heterocycles. The molecule has 0 atom stereocenters. The lowest BCUT2D eigenvalue weighted by atomic mass is 10.4. The Hall–Kier alpha value is -2.04. The van der Waals surface area contributed by atoms with Gasteiger partial charge in [-0.2, -0.15) is 0 Å². The Morgan fingerprint density at radius 3 is 3.07 bits per heavy atom. The summed E-state index contributed by atoms with van der Waals surface area (Å²) in [5.74, 6) is 0.660. The molecule has 76 valence electrons. The molecule has 0 saturated carbocycles. The van der Waals surface area contributed by atoms with E-state index in [-0.39, 0.29) is 5.56 Å². The fourth-order valence-corrected chi connectivity index (χ4v) is 1.91. The molecule has 0 aliphatic rings. The summed E-state index contributed by atoms with van der Waals surface area (Å²) in [5, 5.41) is 0.683. The quantitative estimate of drug-likeness (QED) is 0.586. The summed E-state index contributed by atoms with van der Waals surface area (Å²) < 4.78 is 3.45. The number of nitrogens with one attached hydrogen (secondary N) is 1. The van der Waals surface area contributed by atoms with Crippen LogP contribution in [0.1, 0.15) is 5.69 Å². The topological polar surface area (TPSA) is 55.1 Å². The molecule has 3 heterocycles. The van der Waals surface area contributed by atoms with Crippen LogP contribution >= 0.6 is 0 Å². The summed E-state index contributed by atoms with van der Waals surface area (Å²) in [7, 11) is 1.89. The molecule has 5 heteroatoms. The van der Waals surface area contributed by atoms with Crippen molar-refractivity contribution < 1.29 is 0 Å². The summed E-state index contributed by atoms with van der Waals surface area (Å²) in [5.41, 5.74) is 1.62. The second-order valence-corrected chi connectivity index (χ2v) is 3.66. The van der Waals surface area contributed by atoms with Crippen LogP contribution in [0.4, 0.5) is 0 Å². The SMILES string of the molecule is Cc1cn2c(=O)c3cc[nH]c3n(C)c2n1. The fraction of sp³-hybridized carbons (Fsp3) is 0.200. The second kappa shape index (κ2) is 2.50. The predicted octanol–water partition coefficient (Wildman–Crippen LogP) is 0.823. The minimum atomic E-state index is -0.0278. The van der Waals surface area contributed by atoms with Crippen LogP contribution in [0.2, 0.25) is 0 Å². The lowest BCUT2D eigenvalue weighted by Crippen LogP contribution is -2.16. The van der Waals surface area contributed by atoms with Crippen molar-refractivity contribution in [3.8, 4) is 0 Å². The molecule has 0 radical (unpaired) electrons. The van der Waals surface area contributed by atoms with Gasteiger partial charge in [-0.05, 0) is 13.0 Å². The molecule has 0 saturated heterocycles. The van der Waals surface area contributed by atoms with Gasteiger partial charge in [-0.25, -0.2) is 4.98 Å². The van der Waals surface area contributed by atoms with Crippen molar-refractivity contribution in [1.82, 2.24) is 18.9 Å². The first-order valence-corrected chi connectivity index (χ1v) is 4.70. The smallest absolute Gasteiger partial charge is 0.268 e. The number of nitrogens with zero attached hydrogens (tertiary/aromatic N) is 3. The monoisotopic (exact) mass is 202 g/mol. The lowest BCUT2D eigenvalue weighted by Gasteiger charge is -2.02. The number of aromatic nitrogens is 4. The van der Waals surface area contributed by atoms with E-state index in [0.29, 0.717) is 11.2 Å². The Morgan fingerprint density at radius 1 is 1.47 bits per heavy atom. The van der Waals surface area contributed by atoms with Gasteiger partial charge in [0, 0.05) is 19.4 Å². The maximum atomic E-state index is 12.0. The van der Waals surface area contributed by atoms with Crippen molar-refractivity contribution in [3.63, 3.8) is 0 Å². The molecule has 0 spiro atoms. The number of fused-ring (bicyclic) bond motifs is 2. The van der Waals surface area contributed by atoms with Gasteiger partial charge >= 0.3 is 0 Å². The summed E-state index contributed by atoms with van der Waals surface area (Å²) in [6, 6.07) is 1.78. The molecular formula is C10H10N4O. The van der Waals surface area contributed by atoms with Gasteiger partial charge in [0.25, 0.3) is 5.56 Å². The first-order valence-electron chi connectivity index (χ1n) is 4.70. The van der Waals surface area contributed by atoms with E-state index in [1.807, 2.05) is 18.5 Å². The lowest BCUT2D eigenvalue weighted by molar-refractivity contribution is 0.901. The molecule has 15 heavy (non-hydrogen) atoms. The molecule has 3 aromatic rings. The van der Waals surface area contributed by atoms with Crippen molar-refractivity contribution in [2.24, 2.45) is 7.05 Å². The fourth-order valence-electron chi connectivity index (χ4n) is 1.91.